The number of aliphatic carboxylic acids is 2. The normalized spacial score (nSPS) is 10.8. The van der Waals surface area contributed by atoms with Gasteiger partial charge in [0.2, 0.25) is 0 Å². The molecule has 3 aromatic rings. The molecule has 3 rings (SSSR count). The highest BCUT2D eigenvalue weighted by atomic mass is 16.6. The van der Waals surface area contributed by atoms with E-state index in [4.69, 9.17) is 9.47 Å². The molecule has 2 N–H and O–H groups in total. The molecule has 0 atom stereocenters. The van der Waals surface area contributed by atoms with Crippen molar-refractivity contribution in [3.05, 3.63) is 97.6 Å². The summed E-state index contributed by atoms with van der Waals surface area (Å²) in [6.45, 7) is 6.06. The van der Waals surface area contributed by atoms with E-state index < -0.39 is 36.0 Å². The summed E-state index contributed by atoms with van der Waals surface area (Å²) in [4.78, 5) is 34.2. The summed E-state index contributed by atoms with van der Waals surface area (Å²) in [5, 5.41) is 30.5. The lowest BCUT2D eigenvalue weighted by atomic mass is 9.81. The predicted molar refractivity (Wildman–Crippen MR) is 132 cm³/mol. The van der Waals surface area contributed by atoms with Crippen LogP contribution in [0.2, 0.25) is 0 Å². The maximum atomic E-state index is 12.0. The Kier molecular flexibility index (Phi) is 7.93. The maximum absolute atomic E-state index is 12.0. The van der Waals surface area contributed by atoms with Crippen molar-refractivity contribution in [1.82, 2.24) is 0 Å². The zero-order valence-corrected chi connectivity index (χ0v) is 20.4. The minimum Gasteiger partial charge on any atom is -0.481 e. The third-order valence-corrected chi connectivity index (χ3v) is 5.64. The minimum atomic E-state index is -1.17. The number of nitrogens with zero attached hydrogens (tertiary/aromatic N) is 1. The molecular formula is C27H27NO8. The topological polar surface area (TPSA) is 136 Å². The van der Waals surface area contributed by atoms with Gasteiger partial charge in [-0.25, -0.2) is 9.59 Å². The van der Waals surface area contributed by atoms with Crippen LogP contribution < -0.4 is 9.47 Å². The standard InChI is InChI=1S/C27H27NO8/c1-15-9-17(3)26(35-13-23(29)30)20(11-15)25(19-7-5-6-8-22(19)28(33)34)21-12-16(2)10-18(4)27(21)36-14-24(31)32/h5-12,25H,13-14H2,1-4H3,(H,29,30)(H,31,32). The van der Waals surface area contributed by atoms with E-state index in [1.807, 2.05) is 26.0 Å². The Morgan fingerprint density at radius 2 is 1.25 bits per heavy atom. The van der Waals surface area contributed by atoms with Gasteiger partial charge in [0.05, 0.1) is 4.92 Å². The molecule has 0 fully saturated rings. The molecule has 0 amide bonds. The quantitative estimate of drug-likeness (QED) is 0.230. The highest BCUT2D eigenvalue weighted by Gasteiger charge is 2.31. The lowest BCUT2D eigenvalue weighted by Gasteiger charge is -2.26. The molecule has 3 aromatic carbocycles. The molecule has 36 heavy (non-hydrogen) atoms. The summed E-state index contributed by atoms with van der Waals surface area (Å²) in [7, 11) is 0. The summed E-state index contributed by atoms with van der Waals surface area (Å²) < 4.78 is 11.4. The highest BCUT2D eigenvalue weighted by molar-refractivity contribution is 5.70. The third kappa shape index (κ3) is 5.80. The second-order valence-electron chi connectivity index (χ2n) is 8.61. The maximum Gasteiger partial charge on any atom is 0.341 e. The van der Waals surface area contributed by atoms with Crippen LogP contribution in [0.15, 0.2) is 48.5 Å². The number of ether oxygens (including phenoxy) is 2. The molecule has 0 aliphatic rings. The highest BCUT2D eigenvalue weighted by Crippen LogP contribution is 2.46. The largest absolute Gasteiger partial charge is 0.481 e. The number of benzene rings is 3. The Bertz CT molecular complexity index is 1260. The van der Waals surface area contributed by atoms with Crippen molar-refractivity contribution in [2.75, 3.05) is 13.2 Å². The number of carboxylic acid groups (broad SMARTS) is 2. The summed E-state index contributed by atoms with van der Waals surface area (Å²) >= 11 is 0. The van der Waals surface area contributed by atoms with Crippen LogP contribution in [0.5, 0.6) is 11.5 Å². The number of para-hydroxylation sites is 1. The SMILES string of the molecule is Cc1cc(C)c(OCC(=O)O)c(C(c2ccccc2[N+](=O)[O-])c2cc(C)cc(C)c2OCC(=O)O)c1. The number of nitro benzene ring substituents is 1. The summed E-state index contributed by atoms with van der Waals surface area (Å²) in [6, 6.07) is 13.5. The van der Waals surface area contributed by atoms with Gasteiger partial charge in [0.25, 0.3) is 5.69 Å². The first-order chi connectivity index (χ1) is 17.0. The van der Waals surface area contributed by atoms with E-state index in [9.17, 15) is 29.9 Å². The Labute approximate surface area is 208 Å². The zero-order valence-electron chi connectivity index (χ0n) is 20.4. The number of carboxylic acids is 2. The zero-order chi connectivity index (χ0) is 26.6. The Hall–Kier alpha value is -4.40. The van der Waals surface area contributed by atoms with Gasteiger partial charge >= 0.3 is 11.9 Å². The molecule has 0 radical (unpaired) electrons. The average Bonchev–Trinajstić information content (AvgIpc) is 2.77. The van der Waals surface area contributed by atoms with Gasteiger partial charge in [0.1, 0.15) is 11.5 Å². The molecule has 0 aromatic heterocycles. The van der Waals surface area contributed by atoms with Gasteiger partial charge in [-0.2, -0.15) is 0 Å². The number of aryl methyl sites for hydroxylation is 4. The van der Waals surface area contributed by atoms with Gasteiger partial charge in [-0.05, 0) is 38.8 Å². The van der Waals surface area contributed by atoms with Crippen molar-refractivity contribution in [1.29, 1.82) is 0 Å². The Morgan fingerprint density at radius 1 is 0.806 bits per heavy atom. The Balaban J connectivity index is 2.43. The van der Waals surface area contributed by atoms with Gasteiger partial charge in [0.15, 0.2) is 13.2 Å². The van der Waals surface area contributed by atoms with Crippen molar-refractivity contribution in [3.8, 4) is 11.5 Å². The van der Waals surface area contributed by atoms with E-state index in [1.54, 1.807) is 44.2 Å². The summed E-state index contributed by atoms with van der Waals surface area (Å²) in [6.07, 6.45) is 0. The van der Waals surface area contributed by atoms with Crippen LogP contribution in [-0.4, -0.2) is 40.3 Å². The number of rotatable bonds is 10. The molecule has 9 heteroatoms. The average molecular weight is 494 g/mol. The first-order valence-corrected chi connectivity index (χ1v) is 11.1. The second kappa shape index (κ2) is 10.9. The van der Waals surface area contributed by atoms with E-state index >= 15 is 0 Å². The van der Waals surface area contributed by atoms with Crippen LogP contribution in [0, 0.1) is 37.8 Å². The van der Waals surface area contributed by atoms with Crippen LogP contribution in [0.4, 0.5) is 5.69 Å². The van der Waals surface area contributed by atoms with Crippen LogP contribution in [0.1, 0.15) is 44.9 Å². The van der Waals surface area contributed by atoms with Crippen molar-refractivity contribution < 1.29 is 34.2 Å². The lowest BCUT2D eigenvalue weighted by Crippen LogP contribution is -2.17. The van der Waals surface area contributed by atoms with E-state index in [2.05, 4.69) is 0 Å². The molecule has 0 spiro atoms. The summed E-state index contributed by atoms with van der Waals surface area (Å²) in [5.74, 6) is -2.58. The number of carbonyl (C=O) groups is 2. The van der Waals surface area contributed by atoms with Crippen LogP contribution >= 0.6 is 0 Å². The van der Waals surface area contributed by atoms with Gasteiger partial charge in [-0.15, -0.1) is 0 Å². The number of hydrogen-bond acceptors (Lipinski definition) is 6. The number of hydrogen-bond donors (Lipinski definition) is 2. The molecule has 0 unspecified atom stereocenters. The van der Waals surface area contributed by atoms with Crippen molar-refractivity contribution >= 4 is 17.6 Å². The van der Waals surface area contributed by atoms with E-state index in [1.165, 1.54) is 6.07 Å². The third-order valence-electron chi connectivity index (χ3n) is 5.64. The second-order valence-corrected chi connectivity index (χ2v) is 8.61. The van der Waals surface area contributed by atoms with Gasteiger partial charge in [-0.1, -0.05) is 53.6 Å². The molecule has 0 aliphatic carbocycles. The molecule has 0 aliphatic heterocycles. The monoisotopic (exact) mass is 493 g/mol. The van der Waals surface area contributed by atoms with Crippen LogP contribution in [0.3, 0.4) is 0 Å². The van der Waals surface area contributed by atoms with Gasteiger partial charge in [0, 0.05) is 28.7 Å². The van der Waals surface area contributed by atoms with Crippen molar-refractivity contribution in [2.24, 2.45) is 0 Å². The predicted octanol–water partition coefficient (Wildman–Crippen LogP) is 4.94. The molecule has 188 valence electrons. The Morgan fingerprint density at radius 3 is 1.67 bits per heavy atom. The van der Waals surface area contributed by atoms with Gasteiger partial charge < -0.3 is 19.7 Å². The molecule has 0 saturated heterocycles. The molecule has 9 nitrogen and oxygen atoms in total. The fourth-order valence-corrected chi connectivity index (χ4v) is 4.47. The van der Waals surface area contributed by atoms with Crippen LogP contribution in [-0.2, 0) is 9.59 Å². The van der Waals surface area contributed by atoms with Gasteiger partial charge in [-0.3, -0.25) is 10.1 Å². The van der Waals surface area contributed by atoms with Crippen molar-refractivity contribution in [3.63, 3.8) is 0 Å². The lowest BCUT2D eigenvalue weighted by molar-refractivity contribution is -0.385. The van der Waals surface area contributed by atoms with Crippen molar-refractivity contribution in [2.45, 2.75) is 33.6 Å². The first kappa shape index (κ1) is 26.2. The fourth-order valence-electron chi connectivity index (χ4n) is 4.47. The summed E-state index contributed by atoms with van der Waals surface area (Å²) in [5.41, 5.74) is 4.20. The minimum absolute atomic E-state index is 0.144. The van der Waals surface area contributed by atoms with E-state index in [0.717, 1.165) is 11.1 Å². The number of nitro groups is 1. The molecule has 0 saturated carbocycles. The van der Waals surface area contributed by atoms with E-state index in [0.29, 0.717) is 27.8 Å². The molecule has 0 heterocycles. The first-order valence-electron chi connectivity index (χ1n) is 11.1. The van der Waals surface area contributed by atoms with Crippen LogP contribution in [0.25, 0.3) is 0 Å². The smallest absolute Gasteiger partial charge is 0.341 e. The molecular weight excluding hydrogens is 466 g/mol. The van der Waals surface area contributed by atoms with E-state index in [-0.39, 0.29) is 17.2 Å². The molecule has 0 bridgehead atoms. The fraction of sp³-hybridized carbons (Fsp3) is 0.259.